The summed E-state index contributed by atoms with van der Waals surface area (Å²) in [4.78, 5) is 19.0. The van der Waals surface area contributed by atoms with Crippen molar-refractivity contribution in [3.63, 3.8) is 0 Å². The van der Waals surface area contributed by atoms with Crippen molar-refractivity contribution in [1.29, 1.82) is 0 Å². The molecule has 0 spiro atoms. The van der Waals surface area contributed by atoms with Gasteiger partial charge in [0.2, 0.25) is 11.0 Å². The van der Waals surface area contributed by atoms with Crippen molar-refractivity contribution < 1.29 is 9.21 Å². The van der Waals surface area contributed by atoms with E-state index in [0.29, 0.717) is 25.9 Å². The Kier molecular flexibility index (Phi) is 7.41. The van der Waals surface area contributed by atoms with Crippen LogP contribution in [0.25, 0.3) is 0 Å². The number of hydrogen-bond acceptors (Lipinski definition) is 6. The fourth-order valence-corrected chi connectivity index (χ4v) is 3.56. The van der Waals surface area contributed by atoms with Crippen LogP contribution in [0.15, 0.2) is 47.1 Å². The summed E-state index contributed by atoms with van der Waals surface area (Å²) >= 11 is 1.36. The number of benzene rings is 1. The Hall–Kier alpha value is -2.67. The molecular weight excluding hydrogens is 384 g/mol. The van der Waals surface area contributed by atoms with Gasteiger partial charge in [-0.05, 0) is 38.0 Å². The predicted octanol–water partition coefficient (Wildman–Crippen LogP) is 4.34. The fraction of sp³-hybridized carbons (Fsp3) is 0.409. The second kappa shape index (κ2) is 10.2. The highest BCUT2D eigenvalue weighted by molar-refractivity contribution is 7.09. The maximum atomic E-state index is 12.2. The number of nitrogens with one attached hydrogen (secondary N) is 1. The average molecular weight is 413 g/mol. The topological polar surface area (TPSA) is 71.3 Å². The number of aromatic nitrogens is 2. The number of hydrogen-bond donors (Lipinski definition) is 1. The summed E-state index contributed by atoms with van der Waals surface area (Å²) in [5.74, 6) is 1.68. The Labute approximate surface area is 176 Å². The Bertz CT molecular complexity index is 890. The summed E-state index contributed by atoms with van der Waals surface area (Å²) in [6.45, 7) is 7.27. The van der Waals surface area contributed by atoms with Gasteiger partial charge in [0.1, 0.15) is 11.6 Å². The second-order valence-corrected chi connectivity index (χ2v) is 8.01. The van der Waals surface area contributed by atoms with E-state index < -0.39 is 0 Å². The van der Waals surface area contributed by atoms with Crippen molar-refractivity contribution in [2.24, 2.45) is 0 Å². The standard InChI is InChI=1S/C22H28N4O2S/c1-4-17(3)23-21(27)11-12-26(15-19-6-5-13-28-19)22-24-20(25-29-22)14-18-9-7-16(2)8-10-18/h5-10,13,17H,4,11-12,14-15H2,1-3H3,(H,23,27)/t17-/m0/s1. The van der Waals surface area contributed by atoms with Crippen LogP contribution < -0.4 is 10.2 Å². The largest absolute Gasteiger partial charge is 0.467 e. The maximum absolute atomic E-state index is 12.2. The van der Waals surface area contributed by atoms with Gasteiger partial charge in [-0.25, -0.2) is 4.98 Å². The quantitative estimate of drug-likeness (QED) is 0.536. The summed E-state index contributed by atoms with van der Waals surface area (Å²) < 4.78 is 10.0. The van der Waals surface area contributed by atoms with E-state index in [2.05, 4.69) is 52.7 Å². The molecule has 0 aliphatic rings. The summed E-state index contributed by atoms with van der Waals surface area (Å²) in [7, 11) is 0. The molecule has 2 heterocycles. The van der Waals surface area contributed by atoms with Crippen LogP contribution in [0.3, 0.4) is 0 Å². The van der Waals surface area contributed by atoms with Gasteiger partial charge in [0.25, 0.3) is 0 Å². The second-order valence-electron chi connectivity index (χ2n) is 7.28. The highest BCUT2D eigenvalue weighted by atomic mass is 32.1. The molecule has 29 heavy (non-hydrogen) atoms. The van der Waals surface area contributed by atoms with Crippen molar-refractivity contribution in [3.8, 4) is 0 Å². The number of furan rings is 1. The molecule has 0 aliphatic heterocycles. The van der Waals surface area contributed by atoms with Gasteiger partial charge in [0.05, 0.1) is 12.8 Å². The highest BCUT2D eigenvalue weighted by Gasteiger charge is 2.17. The van der Waals surface area contributed by atoms with Gasteiger partial charge >= 0.3 is 0 Å². The van der Waals surface area contributed by atoms with E-state index in [4.69, 9.17) is 9.40 Å². The van der Waals surface area contributed by atoms with E-state index in [0.717, 1.165) is 23.1 Å². The summed E-state index contributed by atoms with van der Waals surface area (Å²) in [6, 6.07) is 12.4. The Morgan fingerprint density at radius 3 is 2.76 bits per heavy atom. The first-order chi connectivity index (χ1) is 14.0. The zero-order valence-electron chi connectivity index (χ0n) is 17.2. The van der Waals surface area contributed by atoms with Gasteiger partial charge < -0.3 is 14.6 Å². The van der Waals surface area contributed by atoms with Crippen molar-refractivity contribution in [1.82, 2.24) is 14.7 Å². The third-order valence-corrected chi connectivity index (χ3v) is 5.58. The van der Waals surface area contributed by atoms with Crippen LogP contribution in [0.1, 0.15) is 49.4 Å². The number of nitrogens with zero attached hydrogens (tertiary/aromatic N) is 3. The molecule has 0 radical (unpaired) electrons. The van der Waals surface area contributed by atoms with Crippen molar-refractivity contribution in [2.75, 3.05) is 11.4 Å². The lowest BCUT2D eigenvalue weighted by Gasteiger charge is -2.20. The average Bonchev–Trinajstić information content (AvgIpc) is 3.39. The number of amides is 1. The maximum Gasteiger partial charge on any atom is 0.221 e. The first kappa shape index (κ1) is 21.0. The number of carbonyl (C=O) groups is 1. The predicted molar refractivity (Wildman–Crippen MR) is 116 cm³/mol. The molecular formula is C22H28N4O2S. The van der Waals surface area contributed by atoms with E-state index >= 15 is 0 Å². The van der Waals surface area contributed by atoms with E-state index in [9.17, 15) is 4.79 Å². The van der Waals surface area contributed by atoms with Crippen molar-refractivity contribution >= 4 is 22.6 Å². The zero-order valence-corrected chi connectivity index (χ0v) is 18.0. The van der Waals surface area contributed by atoms with Gasteiger partial charge in [0.15, 0.2) is 0 Å². The molecule has 0 aliphatic carbocycles. The fourth-order valence-electron chi connectivity index (χ4n) is 2.85. The Morgan fingerprint density at radius 2 is 2.07 bits per heavy atom. The van der Waals surface area contributed by atoms with E-state index in [1.807, 2.05) is 19.1 Å². The lowest BCUT2D eigenvalue weighted by atomic mass is 10.1. The highest BCUT2D eigenvalue weighted by Crippen LogP contribution is 2.22. The zero-order chi connectivity index (χ0) is 20.6. The lowest BCUT2D eigenvalue weighted by Crippen LogP contribution is -2.35. The van der Waals surface area contributed by atoms with Gasteiger partial charge in [-0.2, -0.15) is 4.37 Å². The molecule has 0 saturated carbocycles. The summed E-state index contributed by atoms with van der Waals surface area (Å²) in [5, 5.41) is 3.82. The van der Waals surface area contributed by atoms with Crippen LogP contribution >= 0.6 is 11.5 Å². The van der Waals surface area contributed by atoms with Crippen LogP contribution in [0.2, 0.25) is 0 Å². The Balaban J connectivity index is 1.67. The third-order valence-electron chi connectivity index (χ3n) is 4.77. The van der Waals surface area contributed by atoms with Gasteiger partial charge in [-0.1, -0.05) is 36.8 Å². The number of carbonyl (C=O) groups excluding carboxylic acids is 1. The minimum absolute atomic E-state index is 0.0492. The molecule has 6 nitrogen and oxygen atoms in total. The molecule has 0 fully saturated rings. The molecule has 3 rings (SSSR count). The van der Waals surface area contributed by atoms with Gasteiger partial charge in [0, 0.05) is 37.0 Å². The number of aryl methyl sites for hydroxylation is 1. The molecule has 0 unspecified atom stereocenters. The van der Waals surface area contributed by atoms with Crippen molar-refractivity contribution in [2.45, 2.75) is 52.6 Å². The number of anilines is 1. The third kappa shape index (κ3) is 6.42. The lowest BCUT2D eigenvalue weighted by molar-refractivity contribution is -0.121. The summed E-state index contributed by atoms with van der Waals surface area (Å²) in [5.41, 5.74) is 2.42. The number of rotatable bonds is 10. The molecule has 1 amide bonds. The molecule has 1 aromatic carbocycles. The van der Waals surface area contributed by atoms with Gasteiger partial charge in [-0.15, -0.1) is 0 Å². The van der Waals surface area contributed by atoms with Crippen LogP contribution in [0, 0.1) is 6.92 Å². The molecule has 1 N–H and O–H groups in total. The molecule has 0 saturated heterocycles. The minimum Gasteiger partial charge on any atom is -0.467 e. The Morgan fingerprint density at radius 1 is 1.28 bits per heavy atom. The van der Waals surface area contributed by atoms with E-state index in [-0.39, 0.29) is 11.9 Å². The molecule has 154 valence electrons. The SMILES string of the molecule is CC[C@H](C)NC(=O)CCN(Cc1ccco1)c1nc(Cc2ccc(C)cc2)ns1. The monoisotopic (exact) mass is 412 g/mol. The first-order valence-corrected chi connectivity index (χ1v) is 10.8. The van der Waals surface area contributed by atoms with Crippen LogP contribution in [-0.2, 0) is 17.8 Å². The summed E-state index contributed by atoms with van der Waals surface area (Å²) in [6.07, 6.45) is 3.67. The first-order valence-electron chi connectivity index (χ1n) is 9.98. The van der Waals surface area contributed by atoms with E-state index in [1.165, 1.54) is 22.7 Å². The van der Waals surface area contributed by atoms with Crippen LogP contribution in [0.5, 0.6) is 0 Å². The van der Waals surface area contributed by atoms with Crippen molar-refractivity contribution in [3.05, 3.63) is 65.4 Å². The van der Waals surface area contributed by atoms with Crippen LogP contribution in [-0.4, -0.2) is 27.9 Å². The smallest absolute Gasteiger partial charge is 0.221 e. The van der Waals surface area contributed by atoms with Gasteiger partial charge in [-0.3, -0.25) is 4.79 Å². The van der Waals surface area contributed by atoms with E-state index in [1.54, 1.807) is 6.26 Å². The molecule has 3 aromatic rings. The molecule has 0 bridgehead atoms. The molecule has 7 heteroatoms. The normalized spacial score (nSPS) is 12.0. The molecule has 1 atom stereocenters. The minimum atomic E-state index is 0.0492. The molecule has 2 aromatic heterocycles. The van der Waals surface area contributed by atoms with Crippen LogP contribution in [0.4, 0.5) is 5.13 Å².